The van der Waals surface area contributed by atoms with Crippen molar-refractivity contribution in [1.29, 1.82) is 0 Å². The van der Waals surface area contributed by atoms with E-state index in [0.717, 1.165) is 0 Å². The number of amides is 2. The number of halogens is 1. The standard InChI is InChI=1S/C15H17ClN2O5/c1-23-14(21)11-7-10(16)4-5-12(11)17-15(22)18-6-2-3-9(8-18)13(19)20/h4-5,7,9H,2-3,6,8H2,1H3,(H,17,22)(H,19,20). The third-order valence-corrected chi connectivity index (χ3v) is 3.92. The van der Waals surface area contributed by atoms with Gasteiger partial charge in [-0.2, -0.15) is 0 Å². The van der Waals surface area contributed by atoms with E-state index in [1.807, 2.05) is 0 Å². The number of carboxylic acids is 1. The smallest absolute Gasteiger partial charge is 0.340 e. The molecule has 1 aromatic rings. The molecule has 0 radical (unpaired) electrons. The molecule has 124 valence electrons. The van der Waals surface area contributed by atoms with Crippen LogP contribution in [0.4, 0.5) is 10.5 Å². The summed E-state index contributed by atoms with van der Waals surface area (Å²) in [6, 6.07) is 3.99. The number of benzene rings is 1. The SMILES string of the molecule is COC(=O)c1cc(Cl)ccc1NC(=O)N1CCCC(C(=O)O)C1. The van der Waals surface area contributed by atoms with Gasteiger partial charge in [0.05, 0.1) is 24.3 Å². The second-order valence-electron chi connectivity index (χ2n) is 5.24. The fourth-order valence-electron chi connectivity index (χ4n) is 2.46. The van der Waals surface area contributed by atoms with E-state index in [1.54, 1.807) is 6.07 Å². The average molecular weight is 341 g/mol. The number of rotatable bonds is 3. The van der Waals surface area contributed by atoms with E-state index in [1.165, 1.54) is 24.1 Å². The number of methoxy groups -OCH3 is 1. The highest BCUT2D eigenvalue weighted by atomic mass is 35.5. The third kappa shape index (κ3) is 4.13. The molecular weight excluding hydrogens is 324 g/mol. The zero-order valence-corrected chi connectivity index (χ0v) is 13.3. The van der Waals surface area contributed by atoms with E-state index in [9.17, 15) is 14.4 Å². The maximum atomic E-state index is 12.3. The van der Waals surface area contributed by atoms with Crippen LogP contribution in [0.15, 0.2) is 18.2 Å². The van der Waals surface area contributed by atoms with Gasteiger partial charge in [-0.15, -0.1) is 0 Å². The van der Waals surface area contributed by atoms with Gasteiger partial charge in [0.15, 0.2) is 0 Å². The number of ether oxygens (including phenoxy) is 1. The molecule has 0 aromatic heterocycles. The number of urea groups is 1. The predicted octanol–water partition coefficient (Wildman–Crippen LogP) is 2.46. The summed E-state index contributed by atoms with van der Waals surface area (Å²) in [4.78, 5) is 36.6. The lowest BCUT2D eigenvalue weighted by atomic mass is 9.99. The molecular formula is C15H17ClN2O5. The van der Waals surface area contributed by atoms with Crippen LogP contribution in [0.5, 0.6) is 0 Å². The van der Waals surface area contributed by atoms with Gasteiger partial charge in [-0.25, -0.2) is 9.59 Å². The number of carbonyl (C=O) groups excluding carboxylic acids is 2. The van der Waals surface area contributed by atoms with Crippen LogP contribution in [0.3, 0.4) is 0 Å². The van der Waals surface area contributed by atoms with Gasteiger partial charge in [0.25, 0.3) is 0 Å². The number of aliphatic carboxylic acids is 1. The molecule has 0 bridgehead atoms. The van der Waals surface area contributed by atoms with Crippen LogP contribution in [-0.2, 0) is 9.53 Å². The number of piperidine rings is 1. The second-order valence-corrected chi connectivity index (χ2v) is 5.67. The van der Waals surface area contributed by atoms with E-state index < -0.39 is 23.9 Å². The minimum Gasteiger partial charge on any atom is -0.481 e. The highest BCUT2D eigenvalue weighted by Gasteiger charge is 2.28. The van der Waals surface area contributed by atoms with Crippen LogP contribution in [-0.4, -0.2) is 48.2 Å². The lowest BCUT2D eigenvalue weighted by molar-refractivity contribution is -0.143. The minimum absolute atomic E-state index is 0.139. The van der Waals surface area contributed by atoms with Crippen molar-refractivity contribution in [2.75, 3.05) is 25.5 Å². The fourth-order valence-corrected chi connectivity index (χ4v) is 2.63. The maximum Gasteiger partial charge on any atom is 0.340 e. The van der Waals surface area contributed by atoms with E-state index in [0.29, 0.717) is 24.4 Å². The van der Waals surface area contributed by atoms with Crippen molar-refractivity contribution in [3.05, 3.63) is 28.8 Å². The highest BCUT2D eigenvalue weighted by Crippen LogP contribution is 2.23. The molecule has 1 aliphatic heterocycles. The number of nitrogens with one attached hydrogen (secondary N) is 1. The number of hydrogen-bond donors (Lipinski definition) is 2. The largest absolute Gasteiger partial charge is 0.481 e. The molecule has 1 saturated heterocycles. The van der Waals surface area contributed by atoms with Crippen LogP contribution in [0.1, 0.15) is 23.2 Å². The van der Waals surface area contributed by atoms with Gasteiger partial charge in [0.2, 0.25) is 0 Å². The Kier molecular flexibility index (Phi) is 5.44. The summed E-state index contributed by atoms with van der Waals surface area (Å²) in [6.45, 7) is 0.610. The number of anilines is 1. The van der Waals surface area contributed by atoms with E-state index in [4.69, 9.17) is 16.7 Å². The number of esters is 1. The quantitative estimate of drug-likeness (QED) is 0.824. The summed E-state index contributed by atoms with van der Waals surface area (Å²) in [5.74, 6) is -2.10. The van der Waals surface area contributed by atoms with Crippen LogP contribution in [0.25, 0.3) is 0 Å². The molecule has 1 unspecified atom stereocenters. The Hall–Kier alpha value is -2.28. The normalized spacial score (nSPS) is 17.5. The molecule has 1 fully saturated rings. The van der Waals surface area contributed by atoms with E-state index in [2.05, 4.69) is 10.1 Å². The van der Waals surface area contributed by atoms with Crippen molar-refractivity contribution < 1.29 is 24.2 Å². The summed E-state index contributed by atoms with van der Waals surface area (Å²) in [7, 11) is 1.23. The molecule has 2 amide bonds. The first-order chi connectivity index (χ1) is 10.9. The first kappa shape index (κ1) is 17.1. The highest BCUT2D eigenvalue weighted by molar-refractivity contribution is 6.31. The molecule has 0 aliphatic carbocycles. The molecule has 1 heterocycles. The molecule has 2 N–H and O–H groups in total. The number of carbonyl (C=O) groups is 3. The Balaban J connectivity index is 2.14. The van der Waals surface area contributed by atoms with Crippen molar-refractivity contribution in [2.45, 2.75) is 12.8 Å². The van der Waals surface area contributed by atoms with Crippen molar-refractivity contribution in [3.8, 4) is 0 Å². The molecule has 2 rings (SSSR count). The van der Waals surface area contributed by atoms with Gasteiger partial charge in [-0.05, 0) is 31.0 Å². The Morgan fingerprint density at radius 3 is 2.78 bits per heavy atom. The monoisotopic (exact) mass is 340 g/mol. The number of likely N-dealkylation sites (tertiary alicyclic amines) is 1. The Labute approximate surface area is 138 Å². The minimum atomic E-state index is -0.913. The van der Waals surface area contributed by atoms with Crippen molar-refractivity contribution in [2.24, 2.45) is 5.92 Å². The first-order valence-electron chi connectivity index (χ1n) is 7.09. The predicted molar refractivity (Wildman–Crippen MR) is 83.7 cm³/mol. The molecule has 23 heavy (non-hydrogen) atoms. The third-order valence-electron chi connectivity index (χ3n) is 3.69. The molecule has 1 aromatic carbocycles. The lowest BCUT2D eigenvalue weighted by Gasteiger charge is -2.30. The topological polar surface area (TPSA) is 95.9 Å². The molecule has 8 heteroatoms. The maximum absolute atomic E-state index is 12.3. The van der Waals surface area contributed by atoms with Gasteiger partial charge in [-0.3, -0.25) is 4.79 Å². The van der Waals surface area contributed by atoms with Gasteiger partial charge in [0.1, 0.15) is 0 Å². The zero-order valence-electron chi connectivity index (χ0n) is 12.5. The van der Waals surface area contributed by atoms with Crippen molar-refractivity contribution in [1.82, 2.24) is 4.90 Å². The van der Waals surface area contributed by atoms with Crippen LogP contribution in [0, 0.1) is 5.92 Å². The van der Waals surface area contributed by atoms with Gasteiger partial charge >= 0.3 is 18.0 Å². The van der Waals surface area contributed by atoms with Crippen LogP contribution >= 0.6 is 11.6 Å². The van der Waals surface area contributed by atoms with Gasteiger partial charge in [0, 0.05) is 18.1 Å². The number of nitrogens with zero attached hydrogens (tertiary/aromatic N) is 1. The van der Waals surface area contributed by atoms with Crippen LogP contribution in [0.2, 0.25) is 5.02 Å². The molecule has 7 nitrogen and oxygen atoms in total. The Bertz CT molecular complexity index is 634. The Morgan fingerprint density at radius 2 is 2.13 bits per heavy atom. The molecule has 1 atom stereocenters. The van der Waals surface area contributed by atoms with E-state index in [-0.39, 0.29) is 17.8 Å². The average Bonchev–Trinajstić information content (AvgIpc) is 2.55. The van der Waals surface area contributed by atoms with Gasteiger partial charge in [-0.1, -0.05) is 11.6 Å². The molecule has 0 spiro atoms. The van der Waals surface area contributed by atoms with Gasteiger partial charge < -0.3 is 20.1 Å². The summed E-state index contributed by atoms with van der Waals surface area (Å²) < 4.78 is 4.67. The molecule has 0 saturated carbocycles. The summed E-state index contributed by atoms with van der Waals surface area (Å²) in [5, 5.41) is 12.0. The zero-order chi connectivity index (χ0) is 17.0. The number of carboxylic acid groups (broad SMARTS) is 1. The summed E-state index contributed by atoms with van der Waals surface area (Å²) in [5.41, 5.74) is 0.406. The first-order valence-corrected chi connectivity index (χ1v) is 7.46. The Morgan fingerprint density at radius 1 is 1.39 bits per heavy atom. The summed E-state index contributed by atoms with van der Waals surface area (Å²) in [6.07, 6.45) is 1.17. The van der Waals surface area contributed by atoms with Crippen molar-refractivity contribution in [3.63, 3.8) is 0 Å². The van der Waals surface area contributed by atoms with Crippen molar-refractivity contribution >= 4 is 35.3 Å². The summed E-state index contributed by atoms with van der Waals surface area (Å²) >= 11 is 5.86. The number of hydrogen-bond acceptors (Lipinski definition) is 4. The lowest BCUT2D eigenvalue weighted by Crippen LogP contribution is -2.44. The fraction of sp³-hybridized carbons (Fsp3) is 0.400. The van der Waals surface area contributed by atoms with Crippen LogP contribution < -0.4 is 5.32 Å². The second kappa shape index (κ2) is 7.32. The molecule has 1 aliphatic rings. The van der Waals surface area contributed by atoms with E-state index >= 15 is 0 Å².